The number of fused-ring (bicyclic) bond motifs is 1. The van der Waals surface area contributed by atoms with E-state index in [1.807, 2.05) is 0 Å². The van der Waals surface area contributed by atoms with Crippen LogP contribution in [0.1, 0.15) is 12.5 Å². The second kappa shape index (κ2) is 6.00. The van der Waals surface area contributed by atoms with Crippen molar-refractivity contribution in [3.63, 3.8) is 0 Å². The van der Waals surface area contributed by atoms with E-state index in [1.54, 1.807) is 13.0 Å². The van der Waals surface area contributed by atoms with Crippen molar-refractivity contribution in [1.29, 1.82) is 0 Å². The number of carbonyl (C=O) groups is 2. The molecule has 26 heavy (non-hydrogen) atoms. The van der Waals surface area contributed by atoms with E-state index in [9.17, 15) is 19.7 Å². The molecule has 0 N–H and O–H groups in total. The molecule has 0 spiro atoms. The Balaban J connectivity index is 2.32. The number of methoxy groups -OCH3 is 3. The van der Waals surface area contributed by atoms with Gasteiger partial charge in [0.2, 0.25) is 0 Å². The van der Waals surface area contributed by atoms with Gasteiger partial charge in [-0.3, -0.25) is 19.7 Å². The lowest BCUT2D eigenvalue weighted by Gasteiger charge is -2.34. The highest BCUT2D eigenvalue weighted by Gasteiger charge is 2.82. The summed E-state index contributed by atoms with van der Waals surface area (Å²) in [6.07, 6.45) is 1.52. The fraction of sp³-hybridized carbons (Fsp3) is 0.444. The SMILES string of the molecule is COC(=O)[C@@H]1[C@H]2C(OC)(OC)C=C(C)C(=O)[C@@]12c1ccccc1[N+](=O)[O-]. The third-order valence-corrected chi connectivity index (χ3v) is 5.43. The molecule has 1 aromatic rings. The minimum absolute atomic E-state index is 0.168. The zero-order valence-corrected chi connectivity index (χ0v) is 14.8. The van der Waals surface area contributed by atoms with Crippen LogP contribution in [0.3, 0.4) is 0 Å². The standard InChI is InChI=1S/C18H19NO7/c1-10-9-17(25-3,26-4)14-13(16(21)24-2)18(14,15(10)20)11-7-5-6-8-12(11)19(22)23/h5-9,13-14H,1-4H3/t13-,14-,18-/m0/s1. The molecule has 0 bridgehead atoms. The van der Waals surface area contributed by atoms with Crippen molar-refractivity contribution >= 4 is 17.4 Å². The molecule has 0 radical (unpaired) electrons. The lowest BCUT2D eigenvalue weighted by Crippen LogP contribution is -2.44. The Bertz CT molecular complexity index is 827. The highest BCUT2D eigenvalue weighted by atomic mass is 16.7. The lowest BCUT2D eigenvalue weighted by molar-refractivity contribution is -0.385. The fourth-order valence-corrected chi connectivity index (χ4v) is 4.35. The highest BCUT2D eigenvalue weighted by Crippen LogP contribution is 2.70. The molecule has 0 aromatic heterocycles. The fourth-order valence-electron chi connectivity index (χ4n) is 4.35. The number of nitro benzene ring substituents is 1. The van der Waals surface area contributed by atoms with Crippen LogP contribution in [0.2, 0.25) is 0 Å². The number of ether oxygens (including phenoxy) is 3. The number of hydrogen-bond donors (Lipinski definition) is 0. The van der Waals surface area contributed by atoms with E-state index in [1.165, 1.54) is 45.6 Å². The molecule has 1 aromatic carbocycles. The summed E-state index contributed by atoms with van der Waals surface area (Å²) in [7, 11) is 4.02. The first-order valence-corrected chi connectivity index (χ1v) is 7.98. The van der Waals surface area contributed by atoms with Crippen LogP contribution in [0.4, 0.5) is 5.69 Å². The van der Waals surface area contributed by atoms with Gasteiger partial charge in [-0.15, -0.1) is 0 Å². The van der Waals surface area contributed by atoms with E-state index in [-0.39, 0.29) is 17.0 Å². The molecular weight excluding hydrogens is 342 g/mol. The number of nitro groups is 1. The molecule has 138 valence electrons. The molecule has 0 heterocycles. The first-order valence-electron chi connectivity index (χ1n) is 7.98. The van der Waals surface area contributed by atoms with Gasteiger partial charge in [0.25, 0.3) is 5.69 Å². The largest absolute Gasteiger partial charge is 0.469 e. The second-order valence-electron chi connectivity index (χ2n) is 6.41. The first kappa shape index (κ1) is 18.2. The Morgan fingerprint density at radius 1 is 1.19 bits per heavy atom. The summed E-state index contributed by atoms with van der Waals surface area (Å²) in [6, 6.07) is 5.93. The van der Waals surface area contributed by atoms with Crippen molar-refractivity contribution in [2.75, 3.05) is 21.3 Å². The van der Waals surface area contributed by atoms with E-state index in [4.69, 9.17) is 14.2 Å². The number of Topliss-reactive ketones (excluding diaryl/α,β-unsaturated/α-hetero) is 1. The maximum Gasteiger partial charge on any atom is 0.310 e. The number of nitrogens with zero attached hydrogens (tertiary/aromatic N) is 1. The van der Waals surface area contributed by atoms with Crippen molar-refractivity contribution in [2.24, 2.45) is 11.8 Å². The van der Waals surface area contributed by atoms with Gasteiger partial charge in [0.15, 0.2) is 11.6 Å². The van der Waals surface area contributed by atoms with Crippen LogP contribution >= 0.6 is 0 Å². The van der Waals surface area contributed by atoms with E-state index in [2.05, 4.69) is 0 Å². The summed E-state index contributed by atoms with van der Waals surface area (Å²) in [5.74, 6) is -4.08. The van der Waals surface area contributed by atoms with Crippen LogP contribution in [0.25, 0.3) is 0 Å². The normalized spacial score (nSPS) is 28.8. The first-order chi connectivity index (χ1) is 12.3. The molecule has 0 amide bonds. The maximum atomic E-state index is 13.2. The zero-order valence-electron chi connectivity index (χ0n) is 14.8. The quantitative estimate of drug-likeness (QED) is 0.341. The van der Waals surface area contributed by atoms with E-state index in [0.29, 0.717) is 5.57 Å². The van der Waals surface area contributed by atoms with Crippen LogP contribution < -0.4 is 0 Å². The molecule has 3 rings (SSSR count). The smallest absolute Gasteiger partial charge is 0.310 e. The van der Waals surface area contributed by atoms with Gasteiger partial charge in [-0.1, -0.05) is 18.2 Å². The minimum atomic E-state index is -1.46. The summed E-state index contributed by atoms with van der Waals surface area (Å²) < 4.78 is 16.0. The van der Waals surface area contributed by atoms with Crippen molar-refractivity contribution in [3.05, 3.63) is 51.6 Å². The summed E-state index contributed by atoms with van der Waals surface area (Å²) >= 11 is 0. The monoisotopic (exact) mass is 361 g/mol. The predicted octanol–water partition coefficient (Wildman–Crippen LogP) is 1.77. The topological polar surface area (TPSA) is 105 Å². The second-order valence-corrected chi connectivity index (χ2v) is 6.41. The van der Waals surface area contributed by atoms with E-state index >= 15 is 0 Å². The molecular formula is C18H19NO7. The van der Waals surface area contributed by atoms with Crippen molar-refractivity contribution < 1.29 is 28.7 Å². The summed E-state index contributed by atoms with van der Waals surface area (Å²) in [5, 5.41) is 11.6. The van der Waals surface area contributed by atoms with Gasteiger partial charge >= 0.3 is 5.97 Å². The van der Waals surface area contributed by atoms with Crippen LogP contribution in [0.5, 0.6) is 0 Å². The molecule has 1 fully saturated rings. The number of benzene rings is 1. The Kier molecular flexibility index (Phi) is 4.20. The number of esters is 1. The zero-order chi connectivity index (χ0) is 19.3. The molecule has 0 aliphatic heterocycles. The van der Waals surface area contributed by atoms with Gasteiger partial charge in [0, 0.05) is 31.8 Å². The number of carbonyl (C=O) groups excluding carboxylic acids is 2. The van der Waals surface area contributed by atoms with Gasteiger partial charge in [0.05, 0.1) is 23.4 Å². The van der Waals surface area contributed by atoms with Crippen LogP contribution in [0.15, 0.2) is 35.9 Å². The lowest BCUT2D eigenvalue weighted by atomic mass is 9.78. The van der Waals surface area contributed by atoms with Crippen molar-refractivity contribution in [3.8, 4) is 0 Å². The predicted molar refractivity (Wildman–Crippen MR) is 89.3 cm³/mol. The average molecular weight is 361 g/mol. The summed E-state index contributed by atoms with van der Waals surface area (Å²) in [4.78, 5) is 36.7. The third-order valence-electron chi connectivity index (χ3n) is 5.43. The van der Waals surface area contributed by atoms with Gasteiger partial charge in [0.1, 0.15) is 0 Å². The van der Waals surface area contributed by atoms with Gasteiger partial charge in [-0.2, -0.15) is 0 Å². The average Bonchev–Trinajstić information content (AvgIpc) is 3.36. The van der Waals surface area contributed by atoms with Crippen molar-refractivity contribution in [1.82, 2.24) is 0 Å². The molecule has 2 aliphatic rings. The van der Waals surface area contributed by atoms with Gasteiger partial charge in [-0.25, -0.2) is 0 Å². The molecule has 8 heteroatoms. The third kappa shape index (κ3) is 2.09. The summed E-state index contributed by atoms with van der Waals surface area (Å²) in [6.45, 7) is 1.58. The molecule has 2 aliphatic carbocycles. The molecule has 0 saturated heterocycles. The molecule has 8 nitrogen and oxygen atoms in total. The Hall–Kier alpha value is -2.58. The molecule has 1 saturated carbocycles. The van der Waals surface area contributed by atoms with Crippen LogP contribution in [0, 0.1) is 22.0 Å². The Labute approximate surface area is 149 Å². The Morgan fingerprint density at radius 3 is 2.35 bits per heavy atom. The number of allylic oxidation sites excluding steroid dienone is 1. The summed E-state index contributed by atoms with van der Waals surface area (Å²) in [5.41, 5.74) is -1.20. The number of hydrogen-bond acceptors (Lipinski definition) is 7. The highest BCUT2D eigenvalue weighted by molar-refractivity contribution is 6.12. The number of ketones is 1. The maximum absolute atomic E-state index is 13.2. The van der Waals surface area contributed by atoms with Crippen LogP contribution in [-0.2, 0) is 29.2 Å². The molecule has 0 unspecified atom stereocenters. The minimum Gasteiger partial charge on any atom is -0.469 e. The van der Waals surface area contributed by atoms with E-state index in [0.717, 1.165) is 0 Å². The van der Waals surface area contributed by atoms with Gasteiger partial charge < -0.3 is 14.2 Å². The molecule has 3 atom stereocenters. The van der Waals surface area contributed by atoms with Crippen LogP contribution in [-0.4, -0.2) is 43.8 Å². The van der Waals surface area contributed by atoms with E-state index < -0.39 is 33.9 Å². The van der Waals surface area contributed by atoms with Gasteiger partial charge in [-0.05, 0) is 18.6 Å². The number of rotatable bonds is 5. The van der Waals surface area contributed by atoms with Crippen molar-refractivity contribution in [2.45, 2.75) is 18.1 Å². The number of para-hydroxylation sites is 1. The Morgan fingerprint density at radius 2 is 1.81 bits per heavy atom.